The van der Waals surface area contributed by atoms with E-state index in [9.17, 15) is 15.4 Å². The first-order chi connectivity index (χ1) is 19.6. The van der Waals surface area contributed by atoms with Crippen LogP contribution < -0.4 is 0 Å². The zero-order valence-electron chi connectivity index (χ0n) is 22.0. The molecule has 5 rings (SSSR count). The second-order valence-corrected chi connectivity index (χ2v) is 10.9. The van der Waals surface area contributed by atoms with Gasteiger partial charge in [0.25, 0.3) is 0 Å². The minimum absolute atomic E-state index is 0.0599. The van der Waals surface area contributed by atoms with Crippen LogP contribution in [0.4, 0.5) is 4.79 Å². The number of hydrogen-bond donors (Lipinski definition) is 1. The fourth-order valence-corrected chi connectivity index (χ4v) is 6.22. The molecule has 1 aliphatic carbocycles. The van der Waals surface area contributed by atoms with Crippen molar-refractivity contribution < 1.29 is 28.8 Å². The van der Waals surface area contributed by atoms with Crippen LogP contribution in [-0.2, 0) is 25.6 Å². The number of nitrogens with zero attached hydrogens (tertiary/aromatic N) is 3. The molecule has 0 bridgehead atoms. The number of rotatable bonds is 10. The third-order valence-corrected chi connectivity index (χ3v) is 8.17. The third-order valence-electron chi connectivity index (χ3n) is 7.11. The number of aliphatic hydroxyl groups is 1. The summed E-state index contributed by atoms with van der Waals surface area (Å²) in [6.45, 7) is 2.39. The average Bonchev–Trinajstić information content (AvgIpc) is 3.30. The Labute approximate surface area is 237 Å². The number of ether oxygens (including phenoxy) is 4. The summed E-state index contributed by atoms with van der Waals surface area (Å²) in [6, 6.07) is 24.8. The molecule has 1 heterocycles. The van der Waals surface area contributed by atoms with E-state index in [0.717, 1.165) is 27.8 Å². The van der Waals surface area contributed by atoms with E-state index in [1.807, 2.05) is 73.7 Å². The minimum Gasteiger partial charge on any atom is -0.433 e. The van der Waals surface area contributed by atoms with Crippen molar-refractivity contribution in [2.24, 2.45) is 5.11 Å². The smallest absolute Gasteiger partial charge is 0.433 e. The number of aliphatic hydroxyl groups excluding tert-OH is 1. The van der Waals surface area contributed by atoms with Crippen LogP contribution >= 0.6 is 11.8 Å². The van der Waals surface area contributed by atoms with E-state index >= 15 is 0 Å². The number of thioether (sulfide) groups is 1. The fourth-order valence-electron chi connectivity index (χ4n) is 5.26. The lowest BCUT2D eigenvalue weighted by Crippen LogP contribution is -2.58. The first-order valence-electron chi connectivity index (χ1n) is 13.2. The van der Waals surface area contributed by atoms with Crippen molar-refractivity contribution in [2.45, 2.75) is 49.2 Å². The van der Waals surface area contributed by atoms with E-state index in [-0.39, 0.29) is 19.1 Å². The van der Waals surface area contributed by atoms with E-state index in [4.69, 9.17) is 18.9 Å². The lowest BCUT2D eigenvalue weighted by Gasteiger charge is -2.42. The Morgan fingerprint density at radius 3 is 2.30 bits per heavy atom. The number of azide groups is 1. The van der Waals surface area contributed by atoms with E-state index < -0.39 is 35.9 Å². The molecular formula is C30H31N3O6S. The fraction of sp³-hybridized carbons (Fsp3) is 0.367. The van der Waals surface area contributed by atoms with Crippen LogP contribution in [0.25, 0.3) is 21.6 Å². The lowest BCUT2D eigenvalue weighted by molar-refractivity contribution is -0.178. The zero-order valence-corrected chi connectivity index (χ0v) is 22.9. The van der Waals surface area contributed by atoms with E-state index in [2.05, 4.69) is 22.2 Å². The highest BCUT2D eigenvalue weighted by Gasteiger charge is 2.47. The molecule has 1 N–H and O–H groups in total. The molecule has 3 aromatic rings. The molecule has 208 valence electrons. The maximum atomic E-state index is 13.0. The van der Waals surface area contributed by atoms with Crippen LogP contribution in [0.15, 0.2) is 84.0 Å². The molecule has 0 spiro atoms. The Kier molecular flexibility index (Phi) is 9.26. The van der Waals surface area contributed by atoms with Crippen LogP contribution in [0.1, 0.15) is 29.5 Å². The van der Waals surface area contributed by atoms with Crippen molar-refractivity contribution in [3.8, 4) is 11.1 Å². The summed E-state index contributed by atoms with van der Waals surface area (Å²) >= 11 is 1.40. The normalized spacial score (nSPS) is 23.5. The number of carbonyl (C=O) groups excluding carboxylic acids is 1. The van der Waals surface area contributed by atoms with Gasteiger partial charge in [-0.3, -0.25) is 0 Å². The molecule has 1 aliphatic heterocycles. The quantitative estimate of drug-likeness (QED) is 0.138. The largest absolute Gasteiger partial charge is 0.508 e. The summed E-state index contributed by atoms with van der Waals surface area (Å²) in [4.78, 5) is 15.9. The second-order valence-electron chi connectivity index (χ2n) is 9.56. The molecule has 0 radical (unpaired) electrons. The van der Waals surface area contributed by atoms with Crippen LogP contribution in [0.5, 0.6) is 0 Å². The number of hydrogen-bond acceptors (Lipinski definition) is 8. The van der Waals surface area contributed by atoms with E-state index in [1.165, 1.54) is 11.8 Å². The van der Waals surface area contributed by atoms with Crippen molar-refractivity contribution in [1.82, 2.24) is 0 Å². The van der Waals surface area contributed by atoms with Crippen LogP contribution in [0, 0.1) is 0 Å². The summed E-state index contributed by atoms with van der Waals surface area (Å²) in [7, 11) is 0. The Morgan fingerprint density at radius 2 is 1.65 bits per heavy atom. The summed E-state index contributed by atoms with van der Waals surface area (Å²) in [6.07, 6.45) is -4.21. The number of benzene rings is 3. The highest BCUT2D eigenvalue weighted by atomic mass is 32.2. The number of fused-ring (bicyclic) bond motifs is 3. The first-order valence-corrected chi connectivity index (χ1v) is 14.3. The Balaban J connectivity index is 1.27. The predicted molar refractivity (Wildman–Crippen MR) is 152 cm³/mol. The van der Waals surface area contributed by atoms with Crippen LogP contribution in [-0.4, -0.2) is 60.0 Å². The molecule has 0 amide bonds. The average molecular weight is 562 g/mol. The molecule has 3 aromatic carbocycles. The molecule has 0 aromatic heterocycles. The van der Waals surface area contributed by atoms with Gasteiger partial charge in [0, 0.05) is 10.8 Å². The first kappa shape index (κ1) is 28.0. The van der Waals surface area contributed by atoms with Crippen LogP contribution in [0.3, 0.4) is 0 Å². The molecule has 0 unspecified atom stereocenters. The Hall–Kier alpha value is -3.53. The maximum Gasteiger partial charge on any atom is 0.508 e. The summed E-state index contributed by atoms with van der Waals surface area (Å²) in [5.74, 6) is 0.517. The van der Waals surface area contributed by atoms with Crippen molar-refractivity contribution in [3.63, 3.8) is 0 Å². The van der Waals surface area contributed by atoms with Crippen molar-refractivity contribution in [3.05, 3.63) is 106 Å². The molecule has 5 atom stereocenters. The van der Waals surface area contributed by atoms with Gasteiger partial charge in [-0.2, -0.15) is 0 Å². The molecule has 2 aliphatic rings. The predicted octanol–water partition coefficient (Wildman–Crippen LogP) is 6.06. The highest BCUT2D eigenvalue weighted by molar-refractivity contribution is 7.99. The van der Waals surface area contributed by atoms with Gasteiger partial charge in [0.05, 0.1) is 13.2 Å². The monoisotopic (exact) mass is 561 g/mol. The van der Waals surface area contributed by atoms with Gasteiger partial charge in [0.2, 0.25) is 0 Å². The second kappa shape index (κ2) is 13.2. The van der Waals surface area contributed by atoms with Gasteiger partial charge in [-0.15, -0.1) is 11.8 Å². The van der Waals surface area contributed by atoms with Crippen LogP contribution in [0.2, 0.25) is 0 Å². The standard InChI is InChI=1S/C30H31N3O6S/c1-2-40-29-26(32-33-31)28(27(34)25(38-29)18-36-16-19-10-4-3-5-11-19)39-30(35)37-17-24-22-14-8-6-12-20(22)21-13-7-9-15-23(21)24/h3-15,24-29,34H,2,16-18H2,1H3/t25-,26-,27-,28-,29+/m1/s1. The third kappa shape index (κ3) is 6.11. The van der Waals surface area contributed by atoms with Gasteiger partial charge in [-0.05, 0) is 39.1 Å². The van der Waals surface area contributed by atoms with Crippen molar-refractivity contribution in [1.29, 1.82) is 0 Å². The van der Waals surface area contributed by atoms with Gasteiger partial charge in [0.1, 0.15) is 36.4 Å². The molecule has 0 saturated carbocycles. The number of carbonyl (C=O) groups is 1. The molecular weight excluding hydrogens is 530 g/mol. The zero-order chi connectivity index (χ0) is 27.9. The Bertz CT molecular complexity index is 1310. The van der Waals surface area contributed by atoms with Crippen molar-refractivity contribution in [2.75, 3.05) is 19.0 Å². The lowest BCUT2D eigenvalue weighted by atomic mass is 9.98. The summed E-state index contributed by atoms with van der Waals surface area (Å²) in [5.41, 5.74) is 13.9. The van der Waals surface area contributed by atoms with Gasteiger partial charge >= 0.3 is 6.16 Å². The summed E-state index contributed by atoms with van der Waals surface area (Å²) in [5, 5.41) is 15.0. The molecule has 9 nitrogen and oxygen atoms in total. The van der Waals surface area contributed by atoms with Gasteiger partial charge in [0.15, 0.2) is 0 Å². The molecule has 10 heteroatoms. The molecule has 40 heavy (non-hydrogen) atoms. The molecule has 1 fully saturated rings. The maximum absolute atomic E-state index is 13.0. The Morgan fingerprint density at radius 1 is 1.00 bits per heavy atom. The van der Waals surface area contributed by atoms with E-state index in [1.54, 1.807) is 0 Å². The van der Waals surface area contributed by atoms with Crippen molar-refractivity contribution >= 4 is 17.9 Å². The van der Waals surface area contributed by atoms with E-state index in [0.29, 0.717) is 12.4 Å². The topological polar surface area (TPSA) is 123 Å². The SMILES string of the molecule is CCS[C@@H]1O[C@H](COCc2ccccc2)[C@@H](O)[C@H](OC(=O)OCC2c3ccccc3-c3ccccc32)[C@H]1N=[N+]=[N-]. The van der Waals surface area contributed by atoms with Gasteiger partial charge in [-0.1, -0.05) is 90.9 Å². The highest BCUT2D eigenvalue weighted by Crippen LogP contribution is 2.44. The van der Waals surface area contributed by atoms with Gasteiger partial charge < -0.3 is 24.1 Å². The molecule has 1 saturated heterocycles. The van der Waals surface area contributed by atoms with Gasteiger partial charge in [-0.25, -0.2) is 4.79 Å². The minimum atomic E-state index is -1.29. The summed E-state index contributed by atoms with van der Waals surface area (Å²) < 4.78 is 23.1.